The van der Waals surface area contributed by atoms with Gasteiger partial charge in [-0.1, -0.05) is 78.9 Å². The number of carbonyl (C=O) groups is 1. The van der Waals surface area contributed by atoms with E-state index in [1.165, 1.54) is 0 Å². The van der Waals surface area contributed by atoms with E-state index in [0.717, 1.165) is 21.9 Å². The Kier molecular flexibility index (Phi) is 6.59. The molecule has 0 bridgehead atoms. The van der Waals surface area contributed by atoms with Gasteiger partial charge in [-0.25, -0.2) is 0 Å². The molecular formula is C22H22NO3P. The molecule has 5 heteroatoms. The van der Waals surface area contributed by atoms with Crippen LogP contribution in [0.2, 0.25) is 0 Å². The van der Waals surface area contributed by atoms with Gasteiger partial charge >= 0.3 is 5.97 Å². The molecular weight excluding hydrogens is 357 g/mol. The van der Waals surface area contributed by atoms with Crippen LogP contribution < -0.4 is 20.7 Å². The molecule has 0 spiro atoms. The molecule has 1 atom stereocenters. The number of ether oxygens (including phenoxy) is 1. The monoisotopic (exact) mass is 379 g/mol. The number of carboxylic acids is 1. The minimum Gasteiger partial charge on any atom is -0.496 e. The SMILES string of the molecule is COc1ccccc1CNC(C(=O)O)P(c1ccccc1)c1ccccc1. The van der Waals surface area contributed by atoms with Crippen molar-refractivity contribution in [1.29, 1.82) is 0 Å². The van der Waals surface area contributed by atoms with Gasteiger partial charge in [0.15, 0.2) is 0 Å². The molecule has 0 aliphatic rings. The van der Waals surface area contributed by atoms with Gasteiger partial charge in [0.25, 0.3) is 0 Å². The molecule has 3 rings (SSSR count). The molecule has 0 radical (unpaired) electrons. The van der Waals surface area contributed by atoms with Gasteiger partial charge in [0.1, 0.15) is 11.5 Å². The van der Waals surface area contributed by atoms with Gasteiger partial charge in [0.2, 0.25) is 0 Å². The van der Waals surface area contributed by atoms with Gasteiger partial charge in [-0.15, -0.1) is 0 Å². The second-order valence-electron chi connectivity index (χ2n) is 5.97. The van der Waals surface area contributed by atoms with E-state index < -0.39 is 19.7 Å². The third kappa shape index (κ3) is 4.73. The van der Waals surface area contributed by atoms with E-state index in [1.807, 2.05) is 84.9 Å². The Morgan fingerprint density at radius 2 is 1.44 bits per heavy atom. The second-order valence-corrected chi connectivity index (χ2v) is 8.26. The maximum absolute atomic E-state index is 12.2. The summed E-state index contributed by atoms with van der Waals surface area (Å²) in [7, 11) is 0.504. The number of para-hydroxylation sites is 1. The van der Waals surface area contributed by atoms with Crippen LogP contribution in [0.3, 0.4) is 0 Å². The minimum absolute atomic E-state index is 0.416. The van der Waals surface area contributed by atoms with Crippen molar-refractivity contribution in [1.82, 2.24) is 5.32 Å². The first-order valence-corrected chi connectivity index (χ1v) is 10.1. The Bertz CT molecular complexity index is 831. The highest BCUT2D eigenvalue weighted by Crippen LogP contribution is 2.38. The quantitative estimate of drug-likeness (QED) is 0.590. The van der Waals surface area contributed by atoms with Crippen LogP contribution in [0.1, 0.15) is 5.56 Å². The first kappa shape index (κ1) is 19.1. The fourth-order valence-corrected chi connectivity index (χ4v) is 5.34. The highest BCUT2D eigenvalue weighted by atomic mass is 31.1. The van der Waals surface area contributed by atoms with E-state index >= 15 is 0 Å². The molecule has 3 aromatic rings. The first-order chi connectivity index (χ1) is 13.2. The largest absolute Gasteiger partial charge is 0.496 e. The number of aliphatic carboxylic acids is 1. The molecule has 0 heterocycles. The molecule has 0 saturated heterocycles. The fourth-order valence-electron chi connectivity index (χ4n) is 2.97. The average molecular weight is 379 g/mol. The van der Waals surface area contributed by atoms with Gasteiger partial charge in [0.05, 0.1) is 7.11 Å². The number of hydrogen-bond acceptors (Lipinski definition) is 3. The molecule has 27 heavy (non-hydrogen) atoms. The summed E-state index contributed by atoms with van der Waals surface area (Å²) in [5, 5.41) is 15.3. The molecule has 138 valence electrons. The van der Waals surface area contributed by atoms with Gasteiger partial charge in [-0.3, -0.25) is 10.1 Å². The van der Waals surface area contributed by atoms with Crippen molar-refractivity contribution in [2.75, 3.05) is 7.11 Å². The zero-order valence-corrected chi connectivity index (χ0v) is 16.0. The van der Waals surface area contributed by atoms with Crippen LogP contribution in [0, 0.1) is 0 Å². The third-order valence-corrected chi connectivity index (χ3v) is 6.87. The van der Waals surface area contributed by atoms with Crippen LogP contribution in [0.15, 0.2) is 84.9 Å². The zero-order chi connectivity index (χ0) is 19.1. The number of hydrogen-bond donors (Lipinski definition) is 2. The average Bonchev–Trinajstić information content (AvgIpc) is 2.72. The predicted molar refractivity (Wildman–Crippen MR) is 110 cm³/mol. The van der Waals surface area contributed by atoms with Crippen molar-refractivity contribution in [3.05, 3.63) is 90.5 Å². The molecule has 0 aliphatic carbocycles. The summed E-state index contributed by atoms with van der Waals surface area (Å²) in [6.07, 6.45) is 0. The van der Waals surface area contributed by atoms with Crippen molar-refractivity contribution >= 4 is 24.5 Å². The standard InChI is InChI=1S/C22H22NO3P/c1-26-20-15-9-8-10-17(20)16-23-21(22(24)25)27(18-11-4-2-5-12-18)19-13-6-3-7-14-19/h2-15,21,23H,16H2,1H3,(H,24,25). The van der Waals surface area contributed by atoms with E-state index in [9.17, 15) is 9.90 Å². The Morgan fingerprint density at radius 3 is 1.96 bits per heavy atom. The molecule has 4 nitrogen and oxygen atoms in total. The maximum Gasteiger partial charge on any atom is 0.325 e. The molecule has 3 aromatic carbocycles. The summed E-state index contributed by atoms with van der Waals surface area (Å²) in [6.45, 7) is 0.416. The Morgan fingerprint density at radius 1 is 0.926 bits per heavy atom. The smallest absolute Gasteiger partial charge is 0.325 e. The molecule has 0 amide bonds. The lowest BCUT2D eigenvalue weighted by atomic mass is 10.2. The molecule has 1 unspecified atom stereocenters. The van der Waals surface area contributed by atoms with Crippen molar-refractivity contribution in [3.8, 4) is 5.75 Å². The van der Waals surface area contributed by atoms with E-state index in [1.54, 1.807) is 7.11 Å². The number of nitrogens with one attached hydrogen (secondary N) is 1. The van der Waals surface area contributed by atoms with E-state index in [0.29, 0.717) is 6.54 Å². The van der Waals surface area contributed by atoms with Crippen LogP contribution in [0.25, 0.3) is 0 Å². The zero-order valence-electron chi connectivity index (χ0n) is 15.1. The van der Waals surface area contributed by atoms with E-state index in [4.69, 9.17) is 4.74 Å². The summed E-state index contributed by atoms with van der Waals surface area (Å²) < 4.78 is 5.39. The first-order valence-electron chi connectivity index (χ1n) is 8.68. The summed E-state index contributed by atoms with van der Waals surface area (Å²) in [4.78, 5) is 12.2. The van der Waals surface area contributed by atoms with Crippen molar-refractivity contribution in [3.63, 3.8) is 0 Å². The van der Waals surface area contributed by atoms with Crippen LogP contribution in [-0.4, -0.2) is 24.0 Å². The number of methoxy groups -OCH3 is 1. The molecule has 2 N–H and O–H groups in total. The highest BCUT2D eigenvalue weighted by molar-refractivity contribution is 7.74. The highest BCUT2D eigenvalue weighted by Gasteiger charge is 2.30. The van der Waals surface area contributed by atoms with Crippen LogP contribution >= 0.6 is 7.92 Å². The molecule has 0 aromatic heterocycles. The fraction of sp³-hybridized carbons (Fsp3) is 0.136. The van der Waals surface area contributed by atoms with Crippen LogP contribution in [-0.2, 0) is 11.3 Å². The number of benzene rings is 3. The number of rotatable bonds is 8. The van der Waals surface area contributed by atoms with Gasteiger partial charge in [-0.2, -0.15) is 0 Å². The van der Waals surface area contributed by atoms with Crippen LogP contribution in [0.5, 0.6) is 5.75 Å². The predicted octanol–water partition coefficient (Wildman–Crippen LogP) is 3.33. The van der Waals surface area contributed by atoms with Gasteiger partial charge in [-0.05, 0) is 24.6 Å². The topological polar surface area (TPSA) is 58.6 Å². The van der Waals surface area contributed by atoms with Crippen molar-refractivity contribution < 1.29 is 14.6 Å². The number of carboxylic acid groups (broad SMARTS) is 1. The minimum atomic E-state index is -1.12. The summed E-state index contributed by atoms with van der Waals surface area (Å²) in [5.41, 5.74) is 0.933. The Labute approximate surface area is 160 Å². The molecule has 0 saturated carbocycles. The molecule has 0 fully saturated rings. The second kappa shape index (κ2) is 9.31. The Hall–Kier alpha value is -2.68. The normalized spacial score (nSPS) is 11.9. The molecule has 0 aliphatic heterocycles. The van der Waals surface area contributed by atoms with Gasteiger partial charge < -0.3 is 9.84 Å². The third-order valence-electron chi connectivity index (χ3n) is 4.24. The lowest BCUT2D eigenvalue weighted by molar-refractivity contribution is -0.137. The summed E-state index contributed by atoms with van der Waals surface area (Å²) in [5.74, 6) is -0.823. The van der Waals surface area contributed by atoms with E-state index in [2.05, 4.69) is 5.32 Å². The summed E-state index contributed by atoms with van der Waals surface area (Å²) in [6, 6.07) is 27.3. The van der Waals surface area contributed by atoms with Crippen LogP contribution in [0.4, 0.5) is 0 Å². The van der Waals surface area contributed by atoms with Gasteiger partial charge in [0, 0.05) is 12.1 Å². The lowest BCUT2D eigenvalue weighted by Crippen LogP contribution is -2.39. The maximum atomic E-state index is 12.2. The van der Waals surface area contributed by atoms with E-state index in [-0.39, 0.29) is 0 Å². The van der Waals surface area contributed by atoms with Crippen molar-refractivity contribution in [2.24, 2.45) is 0 Å². The Balaban J connectivity index is 1.93. The summed E-state index contributed by atoms with van der Waals surface area (Å²) >= 11 is 0. The lowest BCUT2D eigenvalue weighted by Gasteiger charge is -2.26. The van der Waals surface area contributed by atoms with Crippen molar-refractivity contribution in [2.45, 2.75) is 12.3 Å².